The van der Waals surface area contributed by atoms with Gasteiger partial charge in [0.05, 0.1) is 23.4 Å². The number of aromatic nitrogens is 4. The quantitative estimate of drug-likeness (QED) is 0.751. The largest absolute Gasteiger partial charge is 0.354 e. The number of aromatic amines is 1. The van der Waals surface area contributed by atoms with E-state index in [4.69, 9.17) is 4.98 Å². The number of aryl methyl sites for hydroxylation is 1. The molecule has 1 atom stereocenters. The van der Waals surface area contributed by atoms with Crippen LogP contribution in [0, 0.1) is 0 Å². The predicted molar refractivity (Wildman–Crippen MR) is 89.6 cm³/mol. The van der Waals surface area contributed by atoms with Gasteiger partial charge in [0, 0.05) is 24.2 Å². The Morgan fingerprint density at radius 3 is 2.96 bits per heavy atom. The molecule has 2 aromatic heterocycles. The lowest BCUT2D eigenvalue weighted by molar-refractivity contribution is 0.331. The van der Waals surface area contributed by atoms with Crippen molar-refractivity contribution >= 4 is 16.9 Å². The first-order chi connectivity index (χ1) is 11.3. The van der Waals surface area contributed by atoms with Crippen LogP contribution in [0.3, 0.4) is 0 Å². The van der Waals surface area contributed by atoms with Gasteiger partial charge in [0.2, 0.25) is 0 Å². The highest BCUT2D eigenvalue weighted by molar-refractivity contribution is 5.75. The summed E-state index contributed by atoms with van der Waals surface area (Å²) >= 11 is 0. The molecule has 5 nitrogen and oxygen atoms in total. The van der Waals surface area contributed by atoms with Crippen LogP contribution in [0.25, 0.3) is 11.0 Å². The van der Waals surface area contributed by atoms with Crippen molar-refractivity contribution in [3.63, 3.8) is 0 Å². The maximum atomic E-state index is 4.83. The number of H-pyrrole nitrogens is 1. The first-order valence-corrected chi connectivity index (χ1v) is 8.34. The van der Waals surface area contributed by atoms with Crippen LogP contribution in [-0.2, 0) is 11.8 Å². The van der Waals surface area contributed by atoms with Crippen molar-refractivity contribution in [2.75, 3.05) is 18.0 Å². The molecule has 1 N–H and O–H groups in total. The zero-order chi connectivity index (χ0) is 15.3. The van der Waals surface area contributed by atoms with Gasteiger partial charge >= 0.3 is 0 Å². The summed E-state index contributed by atoms with van der Waals surface area (Å²) in [7, 11) is 0. The molecule has 0 amide bonds. The van der Waals surface area contributed by atoms with Gasteiger partial charge in [0.25, 0.3) is 0 Å². The number of fused-ring (bicyclic) bond motifs is 3. The number of para-hydroxylation sites is 2. The number of nitrogens with one attached hydrogen (secondary N) is 1. The summed E-state index contributed by atoms with van der Waals surface area (Å²) in [5.74, 6) is 0.996. The lowest BCUT2D eigenvalue weighted by Crippen LogP contribution is -2.45. The summed E-state index contributed by atoms with van der Waals surface area (Å²) in [4.78, 5) is 11.8. The van der Waals surface area contributed by atoms with E-state index in [9.17, 15) is 0 Å². The molecule has 3 aromatic rings. The average Bonchev–Trinajstić information content (AvgIpc) is 3.20. The fraction of sp³-hybridized carbons (Fsp3) is 0.389. The highest BCUT2D eigenvalue weighted by atomic mass is 15.2. The van der Waals surface area contributed by atoms with Crippen molar-refractivity contribution in [1.82, 2.24) is 20.2 Å². The second-order valence-electron chi connectivity index (χ2n) is 6.79. The Kier molecular flexibility index (Phi) is 2.71. The van der Waals surface area contributed by atoms with Gasteiger partial charge in [-0.25, -0.2) is 4.98 Å². The molecule has 1 aliphatic carbocycles. The fourth-order valence-electron chi connectivity index (χ4n) is 4.29. The summed E-state index contributed by atoms with van der Waals surface area (Å²) in [5, 5.41) is 7.53. The van der Waals surface area contributed by atoms with E-state index in [2.05, 4.69) is 20.1 Å². The summed E-state index contributed by atoms with van der Waals surface area (Å²) in [5.41, 5.74) is 4.91. The Bertz CT molecular complexity index is 870. The Morgan fingerprint density at radius 2 is 2.00 bits per heavy atom. The highest BCUT2D eigenvalue weighted by Crippen LogP contribution is 2.44. The van der Waals surface area contributed by atoms with E-state index < -0.39 is 0 Å². The molecule has 1 aromatic carbocycles. The van der Waals surface area contributed by atoms with Crippen LogP contribution < -0.4 is 4.90 Å². The molecule has 0 radical (unpaired) electrons. The number of hydrogen-bond acceptors (Lipinski definition) is 4. The molecule has 0 saturated carbocycles. The molecule has 5 heteroatoms. The second-order valence-corrected chi connectivity index (χ2v) is 6.79. The maximum Gasteiger partial charge on any atom is 0.147 e. The van der Waals surface area contributed by atoms with E-state index >= 15 is 0 Å². The highest BCUT2D eigenvalue weighted by Gasteiger charge is 2.43. The zero-order valence-corrected chi connectivity index (χ0v) is 13.0. The molecule has 0 bridgehead atoms. The molecule has 1 aliphatic heterocycles. The average molecular weight is 305 g/mol. The van der Waals surface area contributed by atoms with Gasteiger partial charge in [-0.2, -0.15) is 5.10 Å². The van der Waals surface area contributed by atoms with Gasteiger partial charge in [0.15, 0.2) is 0 Å². The predicted octanol–water partition coefficient (Wildman–Crippen LogP) is 2.84. The van der Waals surface area contributed by atoms with Crippen molar-refractivity contribution in [1.29, 1.82) is 0 Å². The van der Waals surface area contributed by atoms with E-state index in [0.29, 0.717) is 0 Å². The van der Waals surface area contributed by atoms with Gasteiger partial charge < -0.3 is 4.90 Å². The standard InChI is InChI=1S/C18H19N5/c1-2-5-15-14(4-1)19-11-16(21-15)23-9-3-7-18(12-23)8-6-13-10-20-22-17(13)18/h1-2,4-5,10-11H,3,6-9,12H2,(H,20,22). The molecule has 1 saturated heterocycles. The normalized spacial score (nSPS) is 23.6. The molecule has 23 heavy (non-hydrogen) atoms. The molecule has 2 aliphatic rings. The monoisotopic (exact) mass is 305 g/mol. The third-order valence-electron chi connectivity index (χ3n) is 5.46. The van der Waals surface area contributed by atoms with Crippen molar-refractivity contribution in [3.8, 4) is 0 Å². The number of piperidine rings is 1. The lowest BCUT2D eigenvalue weighted by atomic mass is 9.78. The Hall–Kier alpha value is -2.43. The van der Waals surface area contributed by atoms with Crippen LogP contribution in [0.4, 0.5) is 5.82 Å². The number of anilines is 1. The fourth-order valence-corrected chi connectivity index (χ4v) is 4.29. The van der Waals surface area contributed by atoms with Crippen molar-refractivity contribution in [2.24, 2.45) is 0 Å². The molecule has 3 heterocycles. The third-order valence-corrected chi connectivity index (χ3v) is 5.46. The van der Waals surface area contributed by atoms with Crippen LogP contribution in [0.2, 0.25) is 0 Å². The third kappa shape index (κ3) is 1.96. The topological polar surface area (TPSA) is 57.7 Å². The van der Waals surface area contributed by atoms with Crippen molar-refractivity contribution < 1.29 is 0 Å². The number of hydrogen-bond donors (Lipinski definition) is 1. The molecular weight excluding hydrogens is 286 g/mol. The summed E-state index contributed by atoms with van der Waals surface area (Å²) in [6, 6.07) is 8.07. The molecule has 116 valence electrons. The maximum absolute atomic E-state index is 4.83. The Morgan fingerprint density at radius 1 is 1.09 bits per heavy atom. The SMILES string of the molecule is c1ccc2nc(N3CCCC4(CCc5cn[nH]c54)C3)cnc2c1. The van der Waals surface area contributed by atoms with E-state index in [0.717, 1.165) is 36.4 Å². The summed E-state index contributed by atoms with van der Waals surface area (Å²) in [6.07, 6.45) is 8.70. The molecule has 5 rings (SSSR count). The van der Waals surface area contributed by atoms with Gasteiger partial charge in [-0.3, -0.25) is 10.1 Å². The van der Waals surface area contributed by atoms with Crippen molar-refractivity contribution in [2.45, 2.75) is 31.1 Å². The van der Waals surface area contributed by atoms with Gasteiger partial charge in [-0.1, -0.05) is 12.1 Å². The first kappa shape index (κ1) is 13.0. The minimum absolute atomic E-state index is 0.220. The van der Waals surface area contributed by atoms with E-state index in [1.165, 1.54) is 30.5 Å². The van der Waals surface area contributed by atoms with Gasteiger partial charge in [0.1, 0.15) is 5.82 Å². The first-order valence-electron chi connectivity index (χ1n) is 8.34. The Labute approximate surface area is 134 Å². The van der Waals surface area contributed by atoms with Crippen LogP contribution in [0.1, 0.15) is 30.5 Å². The van der Waals surface area contributed by atoms with Gasteiger partial charge in [-0.15, -0.1) is 0 Å². The van der Waals surface area contributed by atoms with Crippen LogP contribution >= 0.6 is 0 Å². The molecule has 1 spiro atoms. The van der Waals surface area contributed by atoms with Gasteiger partial charge in [-0.05, 0) is 43.4 Å². The lowest BCUT2D eigenvalue weighted by Gasteiger charge is -2.40. The molecular formula is C18H19N5. The number of benzene rings is 1. The zero-order valence-electron chi connectivity index (χ0n) is 13.0. The van der Waals surface area contributed by atoms with Crippen LogP contribution in [-0.4, -0.2) is 33.3 Å². The Balaban J connectivity index is 1.51. The minimum Gasteiger partial charge on any atom is -0.354 e. The molecule has 1 unspecified atom stereocenters. The second kappa shape index (κ2) is 4.78. The number of rotatable bonds is 1. The number of nitrogens with zero attached hydrogens (tertiary/aromatic N) is 4. The van der Waals surface area contributed by atoms with E-state index in [-0.39, 0.29) is 5.41 Å². The van der Waals surface area contributed by atoms with Crippen LogP contribution in [0.5, 0.6) is 0 Å². The van der Waals surface area contributed by atoms with E-state index in [1.54, 1.807) is 0 Å². The summed E-state index contributed by atoms with van der Waals surface area (Å²) in [6.45, 7) is 2.06. The molecule has 1 fully saturated rings. The minimum atomic E-state index is 0.220. The smallest absolute Gasteiger partial charge is 0.147 e. The summed E-state index contributed by atoms with van der Waals surface area (Å²) < 4.78 is 0. The van der Waals surface area contributed by atoms with E-state index in [1.807, 2.05) is 36.7 Å². The van der Waals surface area contributed by atoms with Crippen molar-refractivity contribution in [3.05, 3.63) is 47.9 Å². The van der Waals surface area contributed by atoms with Crippen LogP contribution in [0.15, 0.2) is 36.7 Å².